The number of carbonyl (C=O) groups excluding carboxylic acids is 2. The zero-order valence-electron chi connectivity index (χ0n) is 23.9. The van der Waals surface area contributed by atoms with Crippen LogP contribution < -0.4 is 0 Å². The van der Waals surface area contributed by atoms with Gasteiger partial charge >= 0.3 is 11.9 Å². The number of hydrogen-bond donors (Lipinski definition) is 3. The highest BCUT2D eigenvalue weighted by Crippen LogP contribution is 2.67. The maximum absolute atomic E-state index is 13.7. The molecule has 5 rings (SSSR count). The fraction of sp³-hybridized carbons (Fsp3) is 0.677. The summed E-state index contributed by atoms with van der Waals surface area (Å²) in [6.07, 6.45) is -3.22. The van der Waals surface area contributed by atoms with Crippen LogP contribution in [0, 0.1) is 28.6 Å². The van der Waals surface area contributed by atoms with Crippen LogP contribution in [0.5, 0.6) is 0 Å². The molecule has 1 aromatic carbocycles. The van der Waals surface area contributed by atoms with E-state index in [1.54, 1.807) is 30.3 Å². The van der Waals surface area contributed by atoms with Crippen molar-refractivity contribution in [3.63, 3.8) is 0 Å². The Morgan fingerprint density at radius 1 is 1.08 bits per heavy atom. The van der Waals surface area contributed by atoms with Gasteiger partial charge in [-0.15, -0.1) is 0 Å². The van der Waals surface area contributed by atoms with E-state index in [4.69, 9.17) is 14.2 Å². The fourth-order valence-corrected chi connectivity index (χ4v) is 8.72. The van der Waals surface area contributed by atoms with Crippen molar-refractivity contribution >= 4 is 11.9 Å². The van der Waals surface area contributed by atoms with Gasteiger partial charge in [-0.25, -0.2) is 4.79 Å². The topological polar surface area (TPSA) is 123 Å². The molecule has 8 nitrogen and oxygen atoms in total. The Morgan fingerprint density at radius 3 is 2.28 bits per heavy atom. The second-order valence-electron chi connectivity index (χ2n) is 13.1. The molecular weight excluding hydrogens is 500 g/mol. The zero-order chi connectivity index (χ0) is 28.7. The van der Waals surface area contributed by atoms with Crippen molar-refractivity contribution in [1.29, 1.82) is 0 Å². The molecule has 10 atom stereocenters. The predicted molar refractivity (Wildman–Crippen MR) is 142 cm³/mol. The molecule has 2 saturated carbocycles. The molecule has 1 aromatic rings. The van der Waals surface area contributed by atoms with E-state index in [0.717, 1.165) is 11.1 Å². The average molecular weight is 543 g/mol. The van der Waals surface area contributed by atoms with Crippen LogP contribution in [-0.2, 0) is 19.0 Å². The van der Waals surface area contributed by atoms with Crippen molar-refractivity contribution in [2.75, 3.05) is 6.61 Å². The molecule has 4 aliphatic rings. The van der Waals surface area contributed by atoms with Crippen LogP contribution in [0.25, 0.3) is 0 Å². The van der Waals surface area contributed by atoms with Gasteiger partial charge in [-0.05, 0) is 37.0 Å². The molecule has 39 heavy (non-hydrogen) atoms. The third-order valence-corrected chi connectivity index (χ3v) is 11.0. The van der Waals surface area contributed by atoms with Gasteiger partial charge in [0.1, 0.15) is 17.8 Å². The summed E-state index contributed by atoms with van der Waals surface area (Å²) < 4.78 is 18.4. The molecule has 0 aromatic heterocycles. The molecule has 0 spiro atoms. The maximum atomic E-state index is 13.7. The molecule has 214 valence electrons. The summed E-state index contributed by atoms with van der Waals surface area (Å²) in [7, 11) is 0. The number of rotatable bonds is 3. The van der Waals surface area contributed by atoms with E-state index in [2.05, 4.69) is 0 Å². The van der Waals surface area contributed by atoms with Crippen molar-refractivity contribution < 1.29 is 39.1 Å². The highest BCUT2D eigenvalue weighted by atomic mass is 16.6. The largest absolute Gasteiger partial charge is 0.455 e. The van der Waals surface area contributed by atoms with Crippen molar-refractivity contribution in [2.45, 2.75) is 96.9 Å². The van der Waals surface area contributed by atoms with E-state index in [1.807, 2.05) is 41.5 Å². The van der Waals surface area contributed by atoms with Gasteiger partial charge in [-0.2, -0.15) is 0 Å². The Morgan fingerprint density at radius 2 is 1.72 bits per heavy atom. The normalized spacial score (nSPS) is 44.6. The SMILES string of the molecule is CC(=O)O[C@@]12CO[C@@H]1C[C@H](C)[C@]1(C)C2C(OC(=O)c2ccccc2)[C@]2(O)C[C@H](O)C(C)=C([C@@H](C)[C@@H]1O)C2(C)C. The third-order valence-electron chi connectivity index (χ3n) is 11.0. The summed E-state index contributed by atoms with van der Waals surface area (Å²) in [6.45, 7) is 12.9. The predicted octanol–water partition coefficient (Wildman–Crippen LogP) is 3.42. The molecule has 3 N–H and O–H groups in total. The highest BCUT2D eigenvalue weighted by Gasteiger charge is 2.76. The van der Waals surface area contributed by atoms with E-state index in [-0.39, 0.29) is 18.9 Å². The van der Waals surface area contributed by atoms with Gasteiger partial charge in [-0.3, -0.25) is 4.79 Å². The van der Waals surface area contributed by atoms with E-state index >= 15 is 0 Å². The lowest BCUT2D eigenvalue weighted by molar-refractivity contribution is -0.356. The Kier molecular flexibility index (Phi) is 6.62. The standard InChI is InChI=1S/C31H42O8/c1-16-13-22-30(15-37-22,39-19(4)32)24-26(38-27(35)20-11-9-8-10-12-20)31(36)14-21(33)17(2)23(28(31,5)6)18(3)25(34)29(16,24)7/h8-12,16,18,21-22,24-26,33-34,36H,13-15H2,1-7H3/t16-,18+,21-,22+,24?,25-,26?,29+,30-,31+/m0/s1. The first-order valence-electron chi connectivity index (χ1n) is 14.0. The van der Waals surface area contributed by atoms with Gasteiger partial charge in [0.25, 0.3) is 0 Å². The molecule has 1 saturated heterocycles. The number of ether oxygens (including phenoxy) is 3. The summed E-state index contributed by atoms with van der Waals surface area (Å²) >= 11 is 0. The van der Waals surface area contributed by atoms with Crippen LogP contribution in [0.1, 0.15) is 71.7 Å². The number of fused-ring (bicyclic) bond motifs is 5. The van der Waals surface area contributed by atoms with Gasteiger partial charge in [0.2, 0.25) is 0 Å². The Bertz CT molecular complexity index is 1190. The van der Waals surface area contributed by atoms with Crippen LogP contribution in [0.3, 0.4) is 0 Å². The second kappa shape index (κ2) is 9.13. The summed E-state index contributed by atoms with van der Waals surface area (Å²) in [5.74, 6) is -2.54. The number of carbonyl (C=O) groups is 2. The Hall–Kier alpha value is -2.26. The monoisotopic (exact) mass is 542 g/mol. The molecule has 0 amide bonds. The average Bonchev–Trinajstić information content (AvgIpc) is 2.87. The van der Waals surface area contributed by atoms with Crippen molar-refractivity contribution in [2.24, 2.45) is 28.6 Å². The third kappa shape index (κ3) is 3.71. The smallest absolute Gasteiger partial charge is 0.338 e. The highest BCUT2D eigenvalue weighted by molar-refractivity contribution is 5.89. The number of aliphatic hydroxyl groups is 3. The number of esters is 2. The van der Waals surface area contributed by atoms with E-state index in [0.29, 0.717) is 12.0 Å². The lowest BCUT2D eigenvalue weighted by Crippen LogP contribution is -2.80. The summed E-state index contributed by atoms with van der Waals surface area (Å²) in [4.78, 5) is 26.3. The first kappa shape index (κ1) is 28.3. The van der Waals surface area contributed by atoms with Crippen LogP contribution >= 0.6 is 0 Å². The van der Waals surface area contributed by atoms with Gasteiger partial charge in [0.05, 0.1) is 30.3 Å². The van der Waals surface area contributed by atoms with Crippen molar-refractivity contribution in [1.82, 2.24) is 0 Å². The van der Waals surface area contributed by atoms with E-state index in [1.165, 1.54) is 6.92 Å². The molecule has 8 heteroatoms. The minimum Gasteiger partial charge on any atom is -0.455 e. The number of benzene rings is 1. The summed E-state index contributed by atoms with van der Waals surface area (Å²) in [5.41, 5.74) is -3.14. The van der Waals surface area contributed by atoms with Gasteiger partial charge in [0, 0.05) is 30.1 Å². The zero-order valence-corrected chi connectivity index (χ0v) is 23.9. The van der Waals surface area contributed by atoms with E-state index in [9.17, 15) is 24.9 Å². The van der Waals surface area contributed by atoms with E-state index < -0.39 is 70.2 Å². The minimum atomic E-state index is -1.75. The van der Waals surface area contributed by atoms with Crippen molar-refractivity contribution in [3.8, 4) is 0 Å². The first-order valence-corrected chi connectivity index (χ1v) is 14.0. The molecule has 0 radical (unpaired) electrons. The maximum Gasteiger partial charge on any atom is 0.338 e. The first-order chi connectivity index (χ1) is 18.1. The lowest BCUT2D eigenvalue weighted by Gasteiger charge is -2.69. The van der Waals surface area contributed by atoms with Gasteiger partial charge < -0.3 is 29.5 Å². The molecule has 2 bridgehead atoms. The van der Waals surface area contributed by atoms with Crippen LogP contribution in [0.4, 0.5) is 0 Å². The number of aliphatic hydroxyl groups excluding tert-OH is 2. The molecule has 3 aliphatic carbocycles. The quantitative estimate of drug-likeness (QED) is 0.392. The molecule has 1 heterocycles. The number of hydrogen-bond acceptors (Lipinski definition) is 8. The van der Waals surface area contributed by atoms with Crippen LogP contribution in [-0.4, -0.2) is 69.5 Å². The Labute approximate surface area is 230 Å². The van der Waals surface area contributed by atoms with Crippen LogP contribution in [0.2, 0.25) is 0 Å². The van der Waals surface area contributed by atoms with Crippen LogP contribution in [0.15, 0.2) is 41.5 Å². The molecule has 2 unspecified atom stereocenters. The van der Waals surface area contributed by atoms with Gasteiger partial charge in [-0.1, -0.05) is 58.4 Å². The fourth-order valence-electron chi connectivity index (χ4n) is 8.72. The molecule has 1 aliphatic heterocycles. The Balaban J connectivity index is 1.80. The summed E-state index contributed by atoms with van der Waals surface area (Å²) in [6, 6.07) is 8.54. The molecular formula is C31H42O8. The minimum absolute atomic E-state index is 0.0610. The van der Waals surface area contributed by atoms with Crippen molar-refractivity contribution in [3.05, 3.63) is 47.0 Å². The lowest BCUT2D eigenvalue weighted by atomic mass is 9.42. The summed E-state index contributed by atoms with van der Waals surface area (Å²) in [5, 5.41) is 36.4. The molecule has 3 fully saturated rings. The van der Waals surface area contributed by atoms with Gasteiger partial charge in [0.15, 0.2) is 5.60 Å². The second-order valence-corrected chi connectivity index (χ2v) is 13.1.